The van der Waals surface area contributed by atoms with E-state index < -0.39 is 30.0 Å². The number of quaternary nitrogens is 1. The zero-order valence-electron chi connectivity index (χ0n) is 16.2. The second-order valence-electron chi connectivity index (χ2n) is 6.37. The van der Waals surface area contributed by atoms with Crippen LogP contribution in [0.25, 0.3) is 0 Å². The highest BCUT2D eigenvalue weighted by Crippen LogP contribution is 1.98. The molecule has 0 saturated carbocycles. The molecule has 0 rings (SSSR count). The molecule has 0 amide bonds. The molecule has 0 bridgehead atoms. The average molecular weight is 409 g/mol. The van der Waals surface area contributed by atoms with Crippen LogP contribution in [0.5, 0.6) is 0 Å². The number of nitrogens with two attached hydrogens (primary N) is 1. The molecule has 8 N–H and O–H groups in total. The molecule has 0 spiro atoms. The van der Waals surface area contributed by atoms with E-state index in [0.29, 0.717) is 23.2 Å². The zero-order valence-corrected chi connectivity index (χ0v) is 16.2. The number of aliphatic carboxylic acids is 4. The Labute approximate surface area is 162 Å². The van der Waals surface area contributed by atoms with Crippen molar-refractivity contribution < 1.29 is 49.2 Å². The van der Waals surface area contributed by atoms with Crippen molar-refractivity contribution in [2.24, 2.45) is 5.73 Å². The minimum Gasteiger partial charge on any atom is -0.481 e. The SMILES string of the molecule is CN(CC(=O)O)C(=N)N.C[N+](C)(C)CC(O)CC(=O)O.O=C(O)/C=C/C(=O)O. The lowest BCUT2D eigenvalue weighted by molar-refractivity contribution is -0.873. The van der Waals surface area contributed by atoms with E-state index in [1.807, 2.05) is 21.1 Å². The van der Waals surface area contributed by atoms with Crippen LogP contribution in [0, 0.1) is 5.41 Å². The molecule has 0 saturated heterocycles. The predicted molar refractivity (Wildman–Crippen MR) is 97.8 cm³/mol. The van der Waals surface area contributed by atoms with Gasteiger partial charge in [-0.1, -0.05) is 0 Å². The molecule has 13 nitrogen and oxygen atoms in total. The molecule has 162 valence electrons. The van der Waals surface area contributed by atoms with Crippen molar-refractivity contribution in [2.75, 3.05) is 41.3 Å². The minimum absolute atomic E-state index is 0.171. The van der Waals surface area contributed by atoms with Gasteiger partial charge in [0.25, 0.3) is 0 Å². The van der Waals surface area contributed by atoms with E-state index in [1.165, 1.54) is 7.05 Å². The van der Waals surface area contributed by atoms with Gasteiger partial charge in [-0.15, -0.1) is 0 Å². The van der Waals surface area contributed by atoms with Crippen LogP contribution < -0.4 is 5.73 Å². The van der Waals surface area contributed by atoms with Crippen LogP contribution in [0.4, 0.5) is 0 Å². The Balaban J connectivity index is -0.000000340. The van der Waals surface area contributed by atoms with E-state index >= 15 is 0 Å². The van der Waals surface area contributed by atoms with Crippen molar-refractivity contribution in [1.29, 1.82) is 5.41 Å². The van der Waals surface area contributed by atoms with Crippen molar-refractivity contribution in [3.8, 4) is 0 Å². The molecule has 0 radical (unpaired) electrons. The normalized spacial score (nSPS) is 11.2. The molecule has 0 aromatic carbocycles. The lowest BCUT2D eigenvalue weighted by atomic mass is 10.2. The van der Waals surface area contributed by atoms with Gasteiger partial charge in [0, 0.05) is 19.2 Å². The van der Waals surface area contributed by atoms with Gasteiger partial charge < -0.3 is 40.6 Å². The van der Waals surface area contributed by atoms with Crippen LogP contribution in [0.2, 0.25) is 0 Å². The first-order chi connectivity index (χ1) is 12.5. The third-order valence-corrected chi connectivity index (χ3v) is 2.32. The monoisotopic (exact) mass is 409 g/mol. The van der Waals surface area contributed by atoms with E-state index in [-0.39, 0.29) is 18.9 Å². The topological polar surface area (TPSA) is 223 Å². The Kier molecular flexibility index (Phi) is 15.8. The summed E-state index contributed by atoms with van der Waals surface area (Å²) in [6.07, 6.45) is 0.202. The molecule has 0 aromatic rings. The summed E-state index contributed by atoms with van der Waals surface area (Å²) >= 11 is 0. The van der Waals surface area contributed by atoms with Crippen LogP contribution >= 0.6 is 0 Å². The number of nitrogens with zero attached hydrogens (tertiary/aromatic N) is 2. The fraction of sp³-hybridized carbons (Fsp3) is 0.533. The van der Waals surface area contributed by atoms with E-state index in [2.05, 4.69) is 0 Å². The fourth-order valence-corrected chi connectivity index (χ4v) is 1.33. The molecule has 1 atom stereocenters. The molecule has 28 heavy (non-hydrogen) atoms. The Morgan fingerprint density at radius 3 is 1.57 bits per heavy atom. The van der Waals surface area contributed by atoms with Crippen LogP contribution in [-0.4, -0.2) is 112 Å². The van der Waals surface area contributed by atoms with E-state index in [4.69, 9.17) is 36.7 Å². The predicted octanol–water partition coefficient (Wildman–Crippen LogP) is -1.86. The average Bonchev–Trinajstić information content (AvgIpc) is 2.42. The molecule has 0 aromatic heterocycles. The number of carboxylic acids is 4. The Morgan fingerprint density at radius 1 is 1.00 bits per heavy atom. The van der Waals surface area contributed by atoms with Crippen LogP contribution in [-0.2, 0) is 19.2 Å². The first-order valence-corrected chi connectivity index (χ1v) is 7.59. The molecular weight excluding hydrogens is 380 g/mol. The summed E-state index contributed by atoms with van der Waals surface area (Å²) in [6, 6.07) is 0. The number of guanidine groups is 1. The van der Waals surface area contributed by atoms with Gasteiger partial charge in [-0.25, -0.2) is 9.59 Å². The molecule has 0 heterocycles. The second kappa shape index (κ2) is 14.9. The van der Waals surface area contributed by atoms with Gasteiger partial charge in [0.05, 0.1) is 27.6 Å². The highest BCUT2D eigenvalue weighted by atomic mass is 16.4. The van der Waals surface area contributed by atoms with E-state index in [9.17, 15) is 19.2 Å². The van der Waals surface area contributed by atoms with E-state index in [0.717, 1.165) is 4.90 Å². The van der Waals surface area contributed by atoms with Gasteiger partial charge in [0.15, 0.2) is 5.96 Å². The van der Waals surface area contributed by atoms with Crippen molar-refractivity contribution in [3.05, 3.63) is 12.2 Å². The van der Waals surface area contributed by atoms with Gasteiger partial charge in [-0.05, 0) is 0 Å². The maximum absolute atomic E-state index is 10.1. The number of hydrogen-bond donors (Lipinski definition) is 7. The summed E-state index contributed by atoms with van der Waals surface area (Å²) in [5, 5.41) is 48.0. The summed E-state index contributed by atoms with van der Waals surface area (Å²) < 4.78 is 0.578. The molecular formula is C15H29N4O9+. The van der Waals surface area contributed by atoms with Gasteiger partial charge in [-0.3, -0.25) is 15.0 Å². The third kappa shape index (κ3) is 30.7. The molecule has 0 aliphatic rings. The van der Waals surface area contributed by atoms with Gasteiger partial charge in [0.2, 0.25) is 0 Å². The maximum Gasteiger partial charge on any atom is 0.328 e. The smallest absolute Gasteiger partial charge is 0.328 e. The Bertz CT molecular complexity index is 554. The number of aliphatic hydroxyl groups is 1. The minimum atomic E-state index is -1.26. The summed E-state index contributed by atoms with van der Waals surface area (Å²) in [6.45, 7) is 0.238. The van der Waals surface area contributed by atoms with Crippen molar-refractivity contribution in [1.82, 2.24) is 4.90 Å². The Hall–Kier alpha value is -3.19. The molecule has 13 heteroatoms. The van der Waals surface area contributed by atoms with E-state index in [1.54, 1.807) is 0 Å². The number of aliphatic hydroxyl groups excluding tert-OH is 1. The lowest BCUT2D eigenvalue weighted by Crippen LogP contribution is -2.42. The van der Waals surface area contributed by atoms with Crippen molar-refractivity contribution in [3.63, 3.8) is 0 Å². The lowest BCUT2D eigenvalue weighted by Gasteiger charge is -2.25. The number of carboxylic acid groups (broad SMARTS) is 4. The zero-order chi connectivity index (χ0) is 23.1. The number of likely N-dealkylation sites (N-methyl/N-ethyl adjacent to an activating group) is 2. The number of hydrogen-bond acceptors (Lipinski definition) is 6. The van der Waals surface area contributed by atoms with Gasteiger partial charge in [-0.2, -0.15) is 0 Å². The first-order valence-electron chi connectivity index (χ1n) is 7.59. The van der Waals surface area contributed by atoms with Crippen LogP contribution in [0.1, 0.15) is 6.42 Å². The second-order valence-corrected chi connectivity index (χ2v) is 6.37. The summed E-state index contributed by atoms with van der Waals surface area (Å²) in [4.78, 5) is 40.3. The summed E-state index contributed by atoms with van der Waals surface area (Å²) in [5.74, 6) is -4.70. The fourth-order valence-electron chi connectivity index (χ4n) is 1.33. The molecule has 0 fully saturated rings. The van der Waals surface area contributed by atoms with Gasteiger partial charge >= 0.3 is 23.9 Å². The van der Waals surface area contributed by atoms with Crippen LogP contribution in [0.3, 0.4) is 0 Å². The largest absolute Gasteiger partial charge is 0.481 e. The highest BCUT2D eigenvalue weighted by Gasteiger charge is 2.17. The molecule has 0 aliphatic heterocycles. The standard InChI is InChI=1S/C7H15NO3.C4H9N3O2.C4H4O4/c1-8(2,3)5-6(9)4-7(10)11;1-7(4(5)6)2-3(8)9;5-3(6)1-2-4(7)8/h6,9H,4-5H2,1-3H3;2H2,1H3,(H3,5,6)(H,8,9);1-2H,(H,5,6)(H,7,8)/p+1/b;;2-1+. The highest BCUT2D eigenvalue weighted by molar-refractivity contribution is 5.89. The number of carbonyl (C=O) groups is 4. The third-order valence-electron chi connectivity index (χ3n) is 2.32. The maximum atomic E-state index is 10.1. The first kappa shape index (κ1) is 29.6. The van der Waals surface area contributed by atoms with Crippen LogP contribution in [0.15, 0.2) is 12.2 Å². The van der Waals surface area contributed by atoms with Gasteiger partial charge in [0.1, 0.15) is 19.2 Å². The Morgan fingerprint density at radius 2 is 1.39 bits per heavy atom. The quantitative estimate of drug-likeness (QED) is 0.102. The number of rotatable bonds is 8. The summed E-state index contributed by atoms with van der Waals surface area (Å²) in [5.41, 5.74) is 4.93. The molecule has 1 unspecified atom stereocenters. The number of nitrogens with one attached hydrogen (secondary N) is 1. The molecule has 0 aliphatic carbocycles. The van der Waals surface area contributed by atoms with Crippen molar-refractivity contribution in [2.45, 2.75) is 12.5 Å². The summed E-state index contributed by atoms with van der Waals surface area (Å²) in [7, 11) is 7.16. The van der Waals surface area contributed by atoms with Crippen molar-refractivity contribution >= 4 is 29.8 Å².